The van der Waals surface area contributed by atoms with E-state index in [0.717, 1.165) is 18.2 Å². The smallest absolute Gasteiger partial charge is 0.166 e. The maximum atomic E-state index is 13.4. The zero-order chi connectivity index (χ0) is 13.1. The Labute approximate surface area is 111 Å². The van der Waals surface area contributed by atoms with Gasteiger partial charge in [-0.15, -0.1) is 0 Å². The van der Waals surface area contributed by atoms with Crippen molar-refractivity contribution in [1.29, 1.82) is 5.26 Å². The van der Waals surface area contributed by atoms with Gasteiger partial charge in [-0.05, 0) is 30.3 Å². The predicted molar refractivity (Wildman–Crippen MR) is 65.3 cm³/mol. The summed E-state index contributed by atoms with van der Waals surface area (Å²) in [6, 6.07) is 9.50. The number of rotatable bonds is 2. The Morgan fingerprint density at radius 2 is 1.83 bits per heavy atom. The second-order valence-corrected chi connectivity index (χ2v) is 4.34. The van der Waals surface area contributed by atoms with Crippen molar-refractivity contribution in [2.75, 3.05) is 0 Å². The monoisotopic (exact) mass is 309 g/mol. The molecule has 0 saturated heterocycles. The fraction of sp³-hybridized carbons (Fsp3) is 0. The fourth-order valence-corrected chi connectivity index (χ4v) is 1.71. The summed E-state index contributed by atoms with van der Waals surface area (Å²) in [5.74, 6) is -1.38. The third-order valence-corrected chi connectivity index (χ3v) is 2.67. The van der Waals surface area contributed by atoms with E-state index in [1.165, 1.54) is 12.1 Å². The van der Waals surface area contributed by atoms with Crippen molar-refractivity contribution >= 4 is 15.9 Å². The van der Waals surface area contributed by atoms with E-state index >= 15 is 0 Å². The third-order valence-electron chi connectivity index (χ3n) is 2.18. The SMILES string of the molecule is N#Cc1cc(Br)ccc1Oc1cc(F)ccc1F. The number of hydrogen-bond donors (Lipinski definition) is 0. The lowest BCUT2D eigenvalue weighted by molar-refractivity contribution is 0.435. The van der Waals surface area contributed by atoms with Crippen LogP contribution in [-0.2, 0) is 0 Å². The molecule has 0 unspecified atom stereocenters. The number of nitrogens with zero attached hydrogens (tertiary/aromatic N) is 1. The van der Waals surface area contributed by atoms with Crippen LogP contribution in [0, 0.1) is 23.0 Å². The first-order chi connectivity index (χ1) is 8.60. The Balaban J connectivity index is 2.40. The lowest BCUT2D eigenvalue weighted by Gasteiger charge is -2.08. The van der Waals surface area contributed by atoms with Gasteiger partial charge in [0, 0.05) is 10.5 Å². The van der Waals surface area contributed by atoms with Crippen molar-refractivity contribution in [1.82, 2.24) is 0 Å². The van der Waals surface area contributed by atoms with Crippen LogP contribution < -0.4 is 4.74 Å². The molecule has 0 aliphatic heterocycles. The summed E-state index contributed by atoms with van der Waals surface area (Å²) in [5.41, 5.74) is 0.230. The lowest BCUT2D eigenvalue weighted by atomic mass is 10.2. The molecule has 18 heavy (non-hydrogen) atoms. The van der Waals surface area contributed by atoms with Gasteiger partial charge >= 0.3 is 0 Å². The second kappa shape index (κ2) is 5.15. The molecule has 0 aromatic heterocycles. The molecule has 2 nitrogen and oxygen atoms in total. The van der Waals surface area contributed by atoms with Crippen LogP contribution in [0.1, 0.15) is 5.56 Å². The first-order valence-electron chi connectivity index (χ1n) is 4.92. The largest absolute Gasteiger partial charge is 0.453 e. The standard InChI is InChI=1S/C13H6BrF2NO/c14-9-1-4-12(8(5-9)7-17)18-13-6-10(15)2-3-11(13)16/h1-6H. The van der Waals surface area contributed by atoms with Gasteiger partial charge in [-0.1, -0.05) is 15.9 Å². The Hall–Kier alpha value is -1.93. The van der Waals surface area contributed by atoms with E-state index in [1.54, 1.807) is 6.07 Å². The van der Waals surface area contributed by atoms with E-state index in [0.29, 0.717) is 4.47 Å². The molecule has 5 heteroatoms. The lowest BCUT2D eigenvalue weighted by Crippen LogP contribution is -1.92. The van der Waals surface area contributed by atoms with Crippen molar-refractivity contribution in [3.63, 3.8) is 0 Å². The van der Waals surface area contributed by atoms with Crippen molar-refractivity contribution < 1.29 is 13.5 Å². The maximum absolute atomic E-state index is 13.4. The molecule has 0 fully saturated rings. The zero-order valence-corrected chi connectivity index (χ0v) is 10.5. The molecule has 90 valence electrons. The molecule has 0 aliphatic carbocycles. The van der Waals surface area contributed by atoms with Crippen LogP contribution in [0.2, 0.25) is 0 Å². The quantitative estimate of drug-likeness (QED) is 0.824. The molecule has 0 atom stereocenters. The first-order valence-corrected chi connectivity index (χ1v) is 5.72. The summed E-state index contributed by atoms with van der Waals surface area (Å²) in [5, 5.41) is 8.93. The molecule has 2 aromatic carbocycles. The summed E-state index contributed by atoms with van der Waals surface area (Å²) in [6.45, 7) is 0. The van der Waals surface area contributed by atoms with E-state index in [1.807, 2.05) is 6.07 Å². The number of benzene rings is 2. The van der Waals surface area contributed by atoms with Gasteiger partial charge in [-0.25, -0.2) is 8.78 Å². The molecule has 0 amide bonds. The molecule has 2 aromatic rings. The summed E-state index contributed by atoms with van der Waals surface area (Å²) in [7, 11) is 0. The molecule has 2 rings (SSSR count). The highest BCUT2D eigenvalue weighted by molar-refractivity contribution is 9.10. The predicted octanol–water partition coefficient (Wildman–Crippen LogP) is 4.39. The minimum absolute atomic E-state index is 0.171. The van der Waals surface area contributed by atoms with Crippen molar-refractivity contribution in [3.05, 3.63) is 58.1 Å². The molecule has 0 spiro atoms. The molecule has 0 heterocycles. The maximum Gasteiger partial charge on any atom is 0.166 e. The number of nitriles is 1. The van der Waals surface area contributed by atoms with Crippen LogP contribution in [0.4, 0.5) is 8.78 Å². The van der Waals surface area contributed by atoms with Gasteiger partial charge in [0.25, 0.3) is 0 Å². The van der Waals surface area contributed by atoms with Crippen molar-refractivity contribution in [2.24, 2.45) is 0 Å². The van der Waals surface area contributed by atoms with Crippen molar-refractivity contribution in [2.45, 2.75) is 0 Å². The van der Waals surface area contributed by atoms with Gasteiger partial charge in [0.2, 0.25) is 0 Å². The normalized spacial score (nSPS) is 9.89. The Morgan fingerprint density at radius 3 is 2.56 bits per heavy atom. The van der Waals surface area contributed by atoms with Crippen LogP contribution in [0.5, 0.6) is 11.5 Å². The fourth-order valence-electron chi connectivity index (χ4n) is 1.35. The Morgan fingerprint density at radius 1 is 1.06 bits per heavy atom. The van der Waals surface area contributed by atoms with Crippen LogP contribution in [-0.4, -0.2) is 0 Å². The zero-order valence-electron chi connectivity index (χ0n) is 8.95. The van der Waals surface area contributed by atoms with Crippen LogP contribution >= 0.6 is 15.9 Å². The average molecular weight is 310 g/mol. The Bertz CT molecular complexity index is 637. The molecule has 0 bridgehead atoms. The summed E-state index contributed by atoms with van der Waals surface area (Å²) < 4.78 is 32.3. The van der Waals surface area contributed by atoms with Gasteiger partial charge < -0.3 is 4.74 Å². The summed E-state index contributed by atoms with van der Waals surface area (Å²) >= 11 is 3.21. The highest BCUT2D eigenvalue weighted by Crippen LogP contribution is 2.29. The average Bonchev–Trinajstić information content (AvgIpc) is 2.36. The topological polar surface area (TPSA) is 33.0 Å². The van der Waals surface area contributed by atoms with Gasteiger partial charge in [0.1, 0.15) is 17.6 Å². The molecule has 0 saturated carbocycles. The molecular formula is C13H6BrF2NO. The minimum atomic E-state index is -0.691. The highest BCUT2D eigenvalue weighted by atomic mass is 79.9. The first kappa shape index (κ1) is 12.5. The van der Waals surface area contributed by atoms with E-state index in [9.17, 15) is 8.78 Å². The number of halogens is 3. The van der Waals surface area contributed by atoms with E-state index < -0.39 is 11.6 Å². The van der Waals surface area contributed by atoms with Crippen LogP contribution in [0.3, 0.4) is 0 Å². The van der Waals surface area contributed by atoms with Gasteiger partial charge in [-0.3, -0.25) is 0 Å². The minimum Gasteiger partial charge on any atom is -0.453 e. The third kappa shape index (κ3) is 2.66. The van der Waals surface area contributed by atoms with Gasteiger partial charge in [0.15, 0.2) is 11.6 Å². The highest BCUT2D eigenvalue weighted by Gasteiger charge is 2.10. The number of hydrogen-bond acceptors (Lipinski definition) is 2. The summed E-state index contributed by atoms with van der Waals surface area (Å²) in [4.78, 5) is 0. The molecule has 0 aliphatic rings. The van der Waals surface area contributed by atoms with Crippen molar-refractivity contribution in [3.8, 4) is 17.6 Å². The molecular weight excluding hydrogens is 304 g/mol. The second-order valence-electron chi connectivity index (χ2n) is 3.43. The van der Waals surface area contributed by atoms with Crippen LogP contribution in [0.15, 0.2) is 40.9 Å². The molecule has 0 N–H and O–H groups in total. The molecule has 0 radical (unpaired) electrons. The van der Waals surface area contributed by atoms with Gasteiger partial charge in [-0.2, -0.15) is 5.26 Å². The number of ether oxygens (including phenoxy) is 1. The van der Waals surface area contributed by atoms with Crippen LogP contribution in [0.25, 0.3) is 0 Å². The summed E-state index contributed by atoms with van der Waals surface area (Å²) in [6.07, 6.45) is 0. The van der Waals surface area contributed by atoms with E-state index in [-0.39, 0.29) is 17.1 Å². The Kier molecular flexibility index (Phi) is 3.58. The van der Waals surface area contributed by atoms with E-state index in [4.69, 9.17) is 10.00 Å². The van der Waals surface area contributed by atoms with E-state index in [2.05, 4.69) is 15.9 Å². The van der Waals surface area contributed by atoms with Gasteiger partial charge in [0.05, 0.1) is 5.56 Å².